The van der Waals surface area contributed by atoms with Gasteiger partial charge in [-0.05, 0) is 12.1 Å². The van der Waals surface area contributed by atoms with Gasteiger partial charge in [0.1, 0.15) is 13.1 Å². The molecule has 0 fully saturated rings. The van der Waals surface area contributed by atoms with Crippen LogP contribution in [0, 0.1) is 0 Å². The van der Waals surface area contributed by atoms with Crippen LogP contribution in [0.15, 0.2) is 42.5 Å². The summed E-state index contributed by atoms with van der Waals surface area (Å²) < 4.78 is 16.1. The fourth-order valence-corrected chi connectivity index (χ4v) is 2.27. The fraction of sp³-hybridized carbons (Fsp3) is 0.294. The van der Waals surface area contributed by atoms with E-state index in [1.54, 1.807) is 21.3 Å². The predicted molar refractivity (Wildman–Crippen MR) is 81.9 cm³/mol. The Morgan fingerprint density at radius 3 is 1.86 bits per heavy atom. The van der Waals surface area contributed by atoms with Crippen LogP contribution in [0.4, 0.5) is 0 Å². The number of hydrogen-bond donors (Lipinski definition) is 1. The van der Waals surface area contributed by atoms with E-state index in [2.05, 4.69) is 29.6 Å². The Bertz CT molecular complexity index is 544. The highest BCUT2D eigenvalue weighted by molar-refractivity contribution is 5.53. The standard InChI is InChI=1S/C17H21NO3/c1-19-15-9-14(10-16(20-2)17(15)21-3)12-18-11-13-7-5-4-6-8-13/h4-10,18H,11-12H2,1-3H3/p+1. The van der Waals surface area contributed by atoms with Crippen molar-refractivity contribution in [2.75, 3.05) is 21.3 Å². The quantitative estimate of drug-likeness (QED) is 0.847. The second-order valence-corrected chi connectivity index (χ2v) is 4.72. The summed E-state index contributed by atoms with van der Waals surface area (Å²) in [6.07, 6.45) is 0. The number of rotatable bonds is 7. The molecule has 0 saturated carbocycles. The van der Waals surface area contributed by atoms with E-state index >= 15 is 0 Å². The number of ether oxygens (including phenoxy) is 3. The molecule has 2 aromatic carbocycles. The highest BCUT2D eigenvalue weighted by atomic mass is 16.5. The first kappa shape index (κ1) is 15.2. The first-order valence-corrected chi connectivity index (χ1v) is 6.93. The van der Waals surface area contributed by atoms with E-state index < -0.39 is 0 Å². The van der Waals surface area contributed by atoms with Crippen molar-refractivity contribution in [1.82, 2.24) is 0 Å². The minimum atomic E-state index is 0.631. The maximum Gasteiger partial charge on any atom is 0.203 e. The largest absolute Gasteiger partial charge is 0.493 e. The van der Waals surface area contributed by atoms with Gasteiger partial charge in [-0.1, -0.05) is 30.3 Å². The molecule has 0 unspecified atom stereocenters. The van der Waals surface area contributed by atoms with E-state index in [0.717, 1.165) is 18.7 Å². The van der Waals surface area contributed by atoms with Crippen LogP contribution in [-0.4, -0.2) is 21.3 Å². The zero-order chi connectivity index (χ0) is 15.1. The molecule has 0 aliphatic rings. The van der Waals surface area contributed by atoms with Crippen molar-refractivity contribution in [3.05, 3.63) is 53.6 Å². The van der Waals surface area contributed by atoms with Gasteiger partial charge < -0.3 is 19.5 Å². The third-order valence-corrected chi connectivity index (χ3v) is 3.33. The van der Waals surface area contributed by atoms with Crippen LogP contribution in [0.1, 0.15) is 11.1 Å². The first-order chi connectivity index (χ1) is 10.3. The molecule has 0 atom stereocenters. The highest BCUT2D eigenvalue weighted by Crippen LogP contribution is 2.37. The molecule has 0 heterocycles. The molecule has 4 nitrogen and oxygen atoms in total. The summed E-state index contributed by atoms with van der Waals surface area (Å²) in [6, 6.07) is 14.4. The molecule has 112 valence electrons. The molecule has 0 aromatic heterocycles. The molecule has 21 heavy (non-hydrogen) atoms. The van der Waals surface area contributed by atoms with Crippen LogP contribution in [0.5, 0.6) is 17.2 Å². The SMILES string of the molecule is COc1cc(C[NH2+]Cc2ccccc2)cc(OC)c1OC. The fourth-order valence-electron chi connectivity index (χ4n) is 2.27. The Kier molecular flexibility index (Phi) is 5.46. The maximum atomic E-state index is 5.37. The number of hydrogen-bond acceptors (Lipinski definition) is 3. The molecule has 0 aliphatic carbocycles. The summed E-state index contributed by atoms with van der Waals surface area (Å²) in [5, 5.41) is 2.25. The summed E-state index contributed by atoms with van der Waals surface area (Å²) in [5.41, 5.74) is 2.45. The summed E-state index contributed by atoms with van der Waals surface area (Å²) in [5.74, 6) is 2.02. The van der Waals surface area contributed by atoms with Crippen LogP contribution in [-0.2, 0) is 13.1 Å². The molecule has 4 heteroatoms. The van der Waals surface area contributed by atoms with Gasteiger partial charge >= 0.3 is 0 Å². The van der Waals surface area contributed by atoms with Crippen LogP contribution in [0.25, 0.3) is 0 Å². The van der Waals surface area contributed by atoms with Gasteiger partial charge in [-0.2, -0.15) is 0 Å². The smallest absolute Gasteiger partial charge is 0.203 e. The third kappa shape index (κ3) is 3.89. The van der Waals surface area contributed by atoms with Gasteiger partial charge in [-0.15, -0.1) is 0 Å². The Hall–Kier alpha value is -2.20. The predicted octanol–water partition coefficient (Wildman–Crippen LogP) is 1.98. The molecular formula is C17H22NO3+. The Balaban J connectivity index is 2.06. The van der Waals surface area contributed by atoms with Gasteiger partial charge in [0.05, 0.1) is 21.3 Å². The average Bonchev–Trinajstić information content (AvgIpc) is 2.54. The van der Waals surface area contributed by atoms with E-state index in [0.29, 0.717) is 17.2 Å². The van der Waals surface area contributed by atoms with Crippen LogP contribution >= 0.6 is 0 Å². The van der Waals surface area contributed by atoms with Crippen molar-refractivity contribution in [2.24, 2.45) is 0 Å². The molecule has 2 rings (SSSR count). The van der Waals surface area contributed by atoms with Crippen LogP contribution in [0.2, 0.25) is 0 Å². The molecule has 0 saturated heterocycles. The van der Waals surface area contributed by atoms with Gasteiger partial charge in [0.2, 0.25) is 5.75 Å². The monoisotopic (exact) mass is 288 g/mol. The van der Waals surface area contributed by atoms with Crippen molar-refractivity contribution in [3.8, 4) is 17.2 Å². The topological polar surface area (TPSA) is 44.3 Å². The van der Waals surface area contributed by atoms with E-state index in [1.807, 2.05) is 18.2 Å². The Morgan fingerprint density at radius 1 is 0.762 bits per heavy atom. The Morgan fingerprint density at radius 2 is 1.33 bits per heavy atom. The van der Waals surface area contributed by atoms with E-state index in [1.165, 1.54) is 5.56 Å². The Labute approximate surface area is 125 Å². The zero-order valence-electron chi connectivity index (χ0n) is 12.8. The number of benzene rings is 2. The molecule has 0 aliphatic heterocycles. The molecule has 0 bridgehead atoms. The molecular weight excluding hydrogens is 266 g/mol. The lowest BCUT2D eigenvalue weighted by Crippen LogP contribution is -2.80. The molecule has 2 aromatic rings. The van der Waals surface area contributed by atoms with Gasteiger partial charge in [0, 0.05) is 11.1 Å². The second-order valence-electron chi connectivity index (χ2n) is 4.72. The van der Waals surface area contributed by atoms with Gasteiger partial charge in [0.25, 0.3) is 0 Å². The molecule has 0 spiro atoms. The van der Waals surface area contributed by atoms with Gasteiger partial charge in [-0.25, -0.2) is 0 Å². The second kappa shape index (κ2) is 7.55. The van der Waals surface area contributed by atoms with Crippen LogP contribution in [0.3, 0.4) is 0 Å². The van der Waals surface area contributed by atoms with Gasteiger partial charge in [-0.3, -0.25) is 0 Å². The lowest BCUT2D eigenvalue weighted by molar-refractivity contribution is -0.686. The molecule has 2 N–H and O–H groups in total. The minimum Gasteiger partial charge on any atom is -0.493 e. The number of nitrogens with two attached hydrogens (primary N) is 1. The molecule has 0 amide bonds. The average molecular weight is 288 g/mol. The summed E-state index contributed by atoms with van der Waals surface area (Å²) in [4.78, 5) is 0. The van der Waals surface area contributed by atoms with Crippen molar-refractivity contribution in [3.63, 3.8) is 0 Å². The summed E-state index contributed by atoms with van der Waals surface area (Å²) in [6.45, 7) is 1.79. The summed E-state index contributed by atoms with van der Waals surface area (Å²) in [7, 11) is 4.88. The van der Waals surface area contributed by atoms with Crippen molar-refractivity contribution in [2.45, 2.75) is 13.1 Å². The van der Waals surface area contributed by atoms with E-state index in [-0.39, 0.29) is 0 Å². The summed E-state index contributed by atoms with van der Waals surface area (Å²) >= 11 is 0. The number of quaternary nitrogens is 1. The first-order valence-electron chi connectivity index (χ1n) is 6.93. The highest BCUT2D eigenvalue weighted by Gasteiger charge is 2.13. The van der Waals surface area contributed by atoms with Crippen molar-refractivity contribution >= 4 is 0 Å². The third-order valence-electron chi connectivity index (χ3n) is 3.33. The van der Waals surface area contributed by atoms with Crippen LogP contribution < -0.4 is 19.5 Å². The van der Waals surface area contributed by atoms with E-state index in [4.69, 9.17) is 14.2 Å². The zero-order valence-corrected chi connectivity index (χ0v) is 12.8. The van der Waals surface area contributed by atoms with Gasteiger partial charge in [0.15, 0.2) is 11.5 Å². The normalized spacial score (nSPS) is 10.2. The minimum absolute atomic E-state index is 0.631. The lowest BCUT2D eigenvalue weighted by Gasteiger charge is -2.13. The lowest BCUT2D eigenvalue weighted by atomic mass is 10.1. The number of methoxy groups -OCH3 is 3. The maximum absolute atomic E-state index is 5.37. The van der Waals surface area contributed by atoms with E-state index in [9.17, 15) is 0 Å². The van der Waals surface area contributed by atoms with Crippen molar-refractivity contribution < 1.29 is 19.5 Å². The van der Waals surface area contributed by atoms with Crippen molar-refractivity contribution in [1.29, 1.82) is 0 Å². The molecule has 0 radical (unpaired) electrons.